The minimum atomic E-state index is 0.561. The van der Waals surface area contributed by atoms with Crippen LogP contribution in [0.2, 0.25) is 4.34 Å². The quantitative estimate of drug-likeness (QED) is 0.743. The van der Waals surface area contributed by atoms with E-state index in [0.717, 1.165) is 16.4 Å². The van der Waals surface area contributed by atoms with Crippen molar-refractivity contribution in [3.63, 3.8) is 0 Å². The number of nitrogens with one attached hydrogen (secondary N) is 1. The summed E-state index contributed by atoms with van der Waals surface area (Å²) in [4.78, 5) is 0. The molecule has 0 fully saturated rings. The smallest absolute Gasteiger partial charge is 0.116 e. The highest BCUT2D eigenvalue weighted by atomic mass is 35.5. The van der Waals surface area contributed by atoms with Crippen LogP contribution in [-0.4, -0.2) is 6.04 Å². The molecule has 0 saturated carbocycles. The maximum Gasteiger partial charge on any atom is 0.116 e. The van der Waals surface area contributed by atoms with Crippen LogP contribution in [0.3, 0.4) is 0 Å². The fourth-order valence-electron chi connectivity index (χ4n) is 1.71. The number of thiophene rings is 1. The van der Waals surface area contributed by atoms with Crippen LogP contribution in [-0.2, 0) is 0 Å². The Balaban J connectivity index is 1.96. The van der Waals surface area contributed by atoms with Gasteiger partial charge in [-0.1, -0.05) is 23.3 Å². The Hall–Kier alpha value is -0.470. The van der Waals surface area contributed by atoms with Gasteiger partial charge in [0.05, 0.1) is 5.69 Å². The first-order valence-corrected chi connectivity index (χ1v) is 6.16. The second kappa shape index (κ2) is 4.37. The largest absolute Gasteiger partial charge is 0.380 e. The van der Waals surface area contributed by atoms with E-state index in [4.69, 9.17) is 11.6 Å². The minimum Gasteiger partial charge on any atom is -0.380 e. The van der Waals surface area contributed by atoms with Crippen molar-refractivity contribution in [3.05, 3.63) is 27.4 Å². The van der Waals surface area contributed by atoms with Crippen molar-refractivity contribution in [2.24, 2.45) is 0 Å². The lowest BCUT2D eigenvalue weighted by atomic mass is 9.96. The number of rotatable bonds is 2. The van der Waals surface area contributed by atoms with Gasteiger partial charge in [0.25, 0.3) is 0 Å². The summed E-state index contributed by atoms with van der Waals surface area (Å²) >= 11 is 7.61. The van der Waals surface area contributed by atoms with Crippen molar-refractivity contribution in [3.8, 4) is 0 Å². The predicted molar refractivity (Wildman–Crippen MR) is 64.3 cm³/mol. The first kappa shape index (κ1) is 10.1. The molecule has 0 saturated heterocycles. The molecule has 0 amide bonds. The third kappa shape index (κ3) is 2.31. The molecule has 76 valence electrons. The fourth-order valence-corrected chi connectivity index (χ4v) is 2.56. The third-order valence-electron chi connectivity index (χ3n) is 2.62. The van der Waals surface area contributed by atoms with Crippen molar-refractivity contribution < 1.29 is 0 Å². The van der Waals surface area contributed by atoms with Gasteiger partial charge >= 0.3 is 0 Å². The standard InChI is InChI=1S/C11H14ClNS/c1-8-2-4-9(5-3-8)13-10-6-7-14-11(10)12/h2,6-7,9,13H,3-5H2,1H3. The van der Waals surface area contributed by atoms with Gasteiger partial charge in [-0.2, -0.15) is 0 Å². The van der Waals surface area contributed by atoms with Gasteiger partial charge in [0, 0.05) is 6.04 Å². The van der Waals surface area contributed by atoms with E-state index in [2.05, 4.69) is 24.4 Å². The van der Waals surface area contributed by atoms with Gasteiger partial charge in [0.15, 0.2) is 0 Å². The molecule has 1 unspecified atom stereocenters. The summed E-state index contributed by atoms with van der Waals surface area (Å²) in [5, 5.41) is 5.51. The molecule has 1 aromatic heterocycles. The molecule has 0 radical (unpaired) electrons. The van der Waals surface area contributed by atoms with E-state index in [1.807, 2.05) is 5.38 Å². The molecular formula is C11H14ClNS. The van der Waals surface area contributed by atoms with Gasteiger partial charge < -0.3 is 5.32 Å². The highest BCUT2D eigenvalue weighted by Gasteiger charge is 2.13. The normalized spacial score (nSPS) is 21.9. The molecule has 1 atom stereocenters. The van der Waals surface area contributed by atoms with Gasteiger partial charge in [-0.15, -0.1) is 11.3 Å². The highest BCUT2D eigenvalue weighted by molar-refractivity contribution is 7.15. The predicted octanol–water partition coefficient (Wildman–Crippen LogP) is 4.31. The Morgan fingerprint density at radius 2 is 2.43 bits per heavy atom. The Morgan fingerprint density at radius 3 is 3.00 bits per heavy atom. The van der Waals surface area contributed by atoms with Crippen LogP contribution in [0.1, 0.15) is 26.2 Å². The molecule has 0 aliphatic heterocycles. The van der Waals surface area contributed by atoms with E-state index in [1.165, 1.54) is 18.4 Å². The molecule has 1 aliphatic rings. The van der Waals surface area contributed by atoms with E-state index in [9.17, 15) is 0 Å². The van der Waals surface area contributed by atoms with Crippen molar-refractivity contribution in [1.29, 1.82) is 0 Å². The summed E-state index contributed by atoms with van der Waals surface area (Å²) in [6.07, 6.45) is 5.87. The van der Waals surface area contributed by atoms with Gasteiger partial charge in [0.1, 0.15) is 4.34 Å². The molecule has 1 N–H and O–H groups in total. The van der Waals surface area contributed by atoms with Crippen molar-refractivity contribution in [1.82, 2.24) is 0 Å². The molecule has 1 heterocycles. The van der Waals surface area contributed by atoms with Crippen LogP contribution >= 0.6 is 22.9 Å². The van der Waals surface area contributed by atoms with Crippen LogP contribution < -0.4 is 5.32 Å². The van der Waals surface area contributed by atoms with Gasteiger partial charge in [-0.3, -0.25) is 0 Å². The summed E-state index contributed by atoms with van der Waals surface area (Å²) in [5.74, 6) is 0. The van der Waals surface area contributed by atoms with E-state index in [0.29, 0.717) is 6.04 Å². The summed E-state index contributed by atoms with van der Waals surface area (Å²) in [7, 11) is 0. The number of anilines is 1. The van der Waals surface area contributed by atoms with Gasteiger partial charge in [0.2, 0.25) is 0 Å². The third-order valence-corrected chi connectivity index (χ3v) is 3.79. The molecule has 2 rings (SSSR count). The topological polar surface area (TPSA) is 12.0 Å². The average Bonchev–Trinajstić information content (AvgIpc) is 2.56. The van der Waals surface area contributed by atoms with Crippen LogP contribution in [0.25, 0.3) is 0 Å². The zero-order valence-electron chi connectivity index (χ0n) is 8.22. The Morgan fingerprint density at radius 1 is 1.57 bits per heavy atom. The van der Waals surface area contributed by atoms with Crippen LogP contribution in [0.5, 0.6) is 0 Å². The number of halogens is 1. The Kier molecular flexibility index (Phi) is 3.14. The van der Waals surface area contributed by atoms with E-state index in [-0.39, 0.29) is 0 Å². The minimum absolute atomic E-state index is 0.561. The molecule has 0 bridgehead atoms. The molecule has 0 spiro atoms. The lowest BCUT2D eigenvalue weighted by Crippen LogP contribution is -2.20. The molecule has 1 aromatic rings. The summed E-state index contributed by atoms with van der Waals surface area (Å²) in [5.41, 5.74) is 2.61. The first-order valence-electron chi connectivity index (χ1n) is 4.91. The monoisotopic (exact) mass is 227 g/mol. The second-order valence-corrected chi connectivity index (χ2v) is 5.29. The van der Waals surface area contributed by atoms with Crippen molar-refractivity contribution in [2.45, 2.75) is 32.2 Å². The maximum absolute atomic E-state index is 6.03. The SMILES string of the molecule is CC1=CCC(Nc2ccsc2Cl)CC1. The zero-order valence-corrected chi connectivity index (χ0v) is 9.79. The summed E-state index contributed by atoms with van der Waals surface area (Å²) in [6, 6.07) is 2.61. The van der Waals surface area contributed by atoms with Crippen LogP contribution in [0, 0.1) is 0 Å². The summed E-state index contributed by atoms with van der Waals surface area (Å²) in [6.45, 7) is 2.20. The molecule has 3 heteroatoms. The van der Waals surface area contributed by atoms with Gasteiger partial charge in [-0.05, 0) is 37.6 Å². The van der Waals surface area contributed by atoms with Gasteiger partial charge in [-0.25, -0.2) is 0 Å². The molecule has 14 heavy (non-hydrogen) atoms. The lowest BCUT2D eigenvalue weighted by Gasteiger charge is -2.22. The fraction of sp³-hybridized carbons (Fsp3) is 0.455. The number of hydrogen-bond donors (Lipinski definition) is 1. The maximum atomic E-state index is 6.03. The Labute approximate surface area is 93.8 Å². The average molecular weight is 228 g/mol. The molecule has 1 nitrogen and oxygen atoms in total. The highest BCUT2D eigenvalue weighted by Crippen LogP contribution is 2.30. The summed E-state index contributed by atoms with van der Waals surface area (Å²) < 4.78 is 0.872. The zero-order chi connectivity index (χ0) is 9.97. The van der Waals surface area contributed by atoms with Crippen molar-refractivity contribution in [2.75, 3.05) is 5.32 Å². The second-order valence-electron chi connectivity index (χ2n) is 3.77. The Bertz CT molecular complexity index is 343. The van der Waals surface area contributed by atoms with Crippen LogP contribution in [0.4, 0.5) is 5.69 Å². The van der Waals surface area contributed by atoms with E-state index >= 15 is 0 Å². The first-order chi connectivity index (χ1) is 6.75. The van der Waals surface area contributed by atoms with Crippen molar-refractivity contribution >= 4 is 28.6 Å². The molecule has 1 aliphatic carbocycles. The van der Waals surface area contributed by atoms with E-state index < -0.39 is 0 Å². The molecule has 0 aromatic carbocycles. The number of allylic oxidation sites excluding steroid dienone is 1. The molecular weight excluding hydrogens is 214 g/mol. The van der Waals surface area contributed by atoms with Crippen LogP contribution in [0.15, 0.2) is 23.1 Å². The number of hydrogen-bond acceptors (Lipinski definition) is 2. The van der Waals surface area contributed by atoms with E-state index in [1.54, 1.807) is 11.3 Å². The lowest BCUT2D eigenvalue weighted by molar-refractivity contribution is 0.625.